The van der Waals surface area contributed by atoms with Crippen LogP contribution in [-0.2, 0) is 4.79 Å². The van der Waals surface area contributed by atoms with Gasteiger partial charge in [-0.15, -0.1) is 10.2 Å². The van der Waals surface area contributed by atoms with Crippen LogP contribution >= 0.6 is 34.4 Å². The summed E-state index contributed by atoms with van der Waals surface area (Å²) in [6.45, 7) is 0. The number of halogens is 1. The van der Waals surface area contributed by atoms with Crippen LogP contribution in [0.4, 0.5) is 25.1 Å². The molecule has 0 atom stereocenters. The fourth-order valence-corrected chi connectivity index (χ4v) is 4.75. The van der Waals surface area contributed by atoms with E-state index in [0.717, 1.165) is 21.6 Å². The van der Waals surface area contributed by atoms with E-state index in [1.54, 1.807) is 0 Å². The predicted molar refractivity (Wildman–Crippen MR) is 118 cm³/mol. The number of anilines is 3. The third-order valence-corrected chi connectivity index (χ3v) is 6.52. The molecule has 4 rings (SSSR count). The molecule has 0 saturated heterocycles. The van der Waals surface area contributed by atoms with Crippen molar-refractivity contribution in [2.75, 3.05) is 21.7 Å². The summed E-state index contributed by atoms with van der Waals surface area (Å²) in [7, 11) is 0. The molecule has 152 valence electrons. The topological polar surface area (TPSA) is 109 Å². The Morgan fingerprint density at radius 3 is 2.53 bits per heavy atom. The molecule has 3 amide bonds. The minimum atomic E-state index is -0.525. The van der Waals surface area contributed by atoms with E-state index in [1.165, 1.54) is 47.4 Å². The number of thiazole rings is 1. The van der Waals surface area contributed by atoms with Crippen molar-refractivity contribution in [2.24, 2.45) is 0 Å². The first kappa shape index (κ1) is 20.2. The Morgan fingerprint density at radius 2 is 1.73 bits per heavy atom. The Bertz CT molecular complexity index is 1160. The largest absolute Gasteiger partial charge is 0.325 e. The second kappa shape index (κ2) is 9.15. The summed E-state index contributed by atoms with van der Waals surface area (Å²) in [4.78, 5) is 28.5. The van der Waals surface area contributed by atoms with Gasteiger partial charge in [0.15, 0.2) is 9.47 Å². The zero-order valence-electron chi connectivity index (χ0n) is 15.1. The zero-order valence-corrected chi connectivity index (χ0v) is 17.5. The van der Waals surface area contributed by atoms with Crippen LogP contribution in [-0.4, -0.2) is 32.9 Å². The molecule has 30 heavy (non-hydrogen) atoms. The van der Waals surface area contributed by atoms with Crippen molar-refractivity contribution in [3.8, 4) is 0 Å². The SMILES string of the molecule is O=C(CSc1nnc(NC(=O)Nc2ccc(F)cc2)s1)Nc1nc2ccccc2s1. The molecule has 0 saturated carbocycles. The lowest BCUT2D eigenvalue weighted by atomic mass is 10.3. The van der Waals surface area contributed by atoms with Crippen LogP contribution in [0.1, 0.15) is 0 Å². The normalized spacial score (nSPS) is 10.7. The number of hydrogen-bond donors (Lipinski definition) is 3. The van der Waals surface area contributed by atoms with Crippen molar-refractivity contribution in [2.45, 2.75) is 4.34 Å². The van der Waals surface area contributed by atoms with E-state index in [9.17, 15) is 14.0 Å². The van der Waals surface area contributed by atoms with E-state index in [1.807, 2.05) is 24.3 Å². The van der Waals surface area contributed by atoms with Crippen LogP contribution < -0.4 is 16.0 Å². The number of carbonyl (C=O) groups excluding carboxylic acids is 2. The van der Waals surface area contributed by atoms with Crippen LogP contribution in [0.3, 0.4) is 0 Å². The van der Waals surface area contributed by atoms with Gasteiger partial charge in [0.2, 0.25) is 11.0 Å². The highest BCUT2D eigenvalue weighted by Gasteiger charge is 2.12. The molecule has 0 aliphatic carbocycles. The molecule has 0 unspecified atom stereocenters. The van der Waals surface area contributed by atoms with Crippen LogP contribution in [0.15, 0.2) is 52.9 Å². The molecule has 0 aliphatic rings. The minimum absolute atomic E-state index is 0.131. The van der Waals surface area contributed by atoms with Gasteiger partial charge in [-0.25, -0.2) is 14.2 Å². The number of carbonyl (C=O) groups is 2. The second-order valence-corrected chi connectivity index (χ2v) is 9.01. The molecule has 0 spiro atoms. The van der Waals surface area contributed by atoms with Gasteiger partial charge in [-0.2, -0.15) is 0 Å². The standard InChI is InChI=1S/C18H13FN6O2S3/c19-10-5-7-11(8-6-10)20-15(27)23-17-24-25-18(30-17)28-9-14(26)22-16-21-12-3-1-2-4-13(12)29-16/h1-8H,9H2,(H,21,22,26)(H2,20,23,24,27). The van der Waals surface area contributed by atoms with Crippen molar-refractivity contribution in [3.05, 3.63) is 54.3 Å². The van der Waals surface area contributed by atoms with E-state index in [2.05, 4.69) is 31.1 Å². The zero-order chi connectivity index (χ0) is 20.9. The first-order chi connectivity index (χ1) is 14.5. The average molecular weight is 461 g/mol. The van der Waals surface area contributed by atoms with Crippen molar-refractivity contribution in [1.29, 1.82) is 0 Å². The van der Waals surface area contributed by atoms with Gasteiger partial charge in [-0.1, -0.05) is 46.6 Å². The molecule has 2 aromatic carbocycles. The van der Waals surface area contributed by atoms with Crippen LogP contribution in [0.5, 0.6) is 0 Å². The Balaban J connectivity index is 1.26. The number of amides is 3. The van der Waals surface area contributed by atoms with Gasteiger partial charge < -0.3 is 10.6 Å². The number of hydrogen-bond acceptors (Lipinski definition) is 8. The summed E-state index contributed by atoms with van der Waals surface area (Å²) in [6.07, 6.45) is 0. The molecule has 3 N–H and O–H groups in total. The molecule has 12 heteroatoms. The van der Waals surface area contributed by atoms with Crippen LogP contribution in [0.25, 0.3) is 10.2 Å². The second-order valence-electron chi connectivity index (χ2n) is 5.78. The van der Waals surface area contributed by atoms with E-state index in [0.29, 0.717) is 15.2 Å². The monoisotopic (exact) mass is 460 g/mol. The molecule has 0 fully saturated rings. The Kier molecular flexibility index (Phi) is 6.16. The molecule has 0 aliphatic heterocycles. The Morgan fingerprint density at radius 1 is 0.933 bits per heavy atom. The number of aromatic nitrogens is 3. The molecule has 2 aromatic heterocycles. The number of thioether (sulfide) groups is 1. The van der Waals surface area contributed by atoms with Crippen LogP contribution in [0.2, 0.25) is 0 Å². The maximum Gasteiger partial charge on any atom is 0.325 e. The number of nitrogens with zero attached hydrogens (tertiary/aromatic N) is 3. The molecular weight excluding hydrogens is 447 g/mol. The highest BCUT2D eigenvalue weighted by molar-refractivity contribution is 8.01. The van der Waals surface area contributed by atoms with Gasteiger partial charge in [0, 0.05) is 5.69 Å². The van der Waals surface area contributed by atoms with Gasteiger partial charge in [-0.05, 0) is 36.4 Å². The minimum Gasteiger partial charge on any atom is -0.308 e. The number of fused-ring (bicyclic) bond motifs is 1. The van der Waals surface area contributed by atoms with Gasteiger partial charge in [0.05, 0.1) is 16.0 Å². The lowest BCUT2D eigenvalue weighted by Gasteiger charge is -2.04. The predicted octanol–water partition coefficient (Wildman–Crippen LogP) is 4.66. The molecule has 8 nitrogen and oxygen atoms in total. The molecular formula is C18H13FN6O2S3. The maximum atomic E-state index is 12.9. The summed E-state index contributed by atoms with van der Waals surface area (Å²) in [5, 5.41) is 16.5. The first-order valence-electron chi connectivity index (χ1n) is 8.50. The molecule has 2 heterocycles. The number of para-hydroxylation sites is 1. The summed E-state index contributed by atoms with van der Waals surface area (Å²) in [5.41, 5.74) is 1.28. The van der Waals surface area contributed by atoms with E-state index in [4.69, 9.17) is 0 Å². The summed E-state index contributed by atoms with van der Waals surface area (Å²) in [5.74, 6) is -0.469. The Labute approximate surface area is 181 Å². The third-order valence-electron chi connectivity index (χ3n) is 3.60. The quantitative estimate of drug-likeness (QED) is 0.285. The van der Waals surface area contributed by atoms with Gasteiger partial charge in [0.1, 0.15) is 5.82 Å². The highest BCUT2D eigenvalue weighted by Crippen LogP contribution is 2.27. The van der Waals surface area contributed by atoms with E-state index < -0.39 is 6.03 Å². The van der Waals surface area contributed by atoms with Crippen LogP contribution in [0, 0.1) is 5.82 Å². The Hall–Kier alpha value is -3.09. The fourth-order valence-electron chi connectivity index (χ4n) is 2.32. The number of rotatable bonds is 6. The lowest BCUT2D eigenvalue weighted by molar-refractivity contribution is -0.113. The van der Waals surface area contributed by atoms with Gasteiger partial charge in [-0.3, -0.25) is 10.1 Å². The number of urea groups is 1. The third kappa shape index (κ3) is 5.28. The smallest absolute Gasteiger partial charge is 0.308 e. The molecule has 0 bridgehead atoms. The summed E-state index contributed by atoms with van der Waals surface area (Å²) < 4.78 is 14.4. The summed E-state index contributed by atoms with van der Waals surface area (Å²) >= 11 is 3.75. The van der Waals surface area contributed by atoms with Crippen molar-refractivity contribution in [1.82, 2.24) is 15.2 Å². The first-order valence-corrected chi connectivity index (χ1v) is 11.1. The number of nitrogens with one attached hydrogen (secondary N) is 3. The van der Waals surface area contributed by atoms with Crippen molar-refractivity contribution < 1.29 is 14.0 Å². The van der Waals surface area contributed by atoms with Crippen molar-refractivity contribution in [3.63, 3.8) is 0 Å². The maximum absolute atomic E-state index is 12.9. The average Bonchev–Trinajstić information content (AvgIpc) is 3.34. The lowest BCUT2D eigenvalue weighted by Crippen LogP contribution is -2.19. The molecule has 4 aromatic rings. The van der Waals surface area contributed by atoms with Gasteiger partial charge in [0.25, 0.3) is 0 Å². The van der Waals surface area contributed by atoms with Crippen molar-refractivity contribution >= 4 is 72.5 Å². The highest BCUT2D eigenvalue weighted by atomic mass is 32.2. The molecule has 0 radical (unpaired) electrons. The van der Waals surface area contributed by atoms with E-state index >= 15 is 0 Å². The summed E-state index contributed by atoms with van der Waals surface area (Å²) in [6, 6.07) is 12.5. The van der Waals surface area contributed by atoms with E-state index in [-0.39, 0.29) is 22.6 Å². The number of benzene rings is 2. The fraction of sp³-hybridized carbons (Fsp3) is 0.0556. The van der Waals surface area contributed by atoms with Gasteiger partial charge >= 0.3 is 6.03 Å².